The lowest BCUT2D eigenvalue weighted by Crippen LogP contribution is -2.18. The van der Waals surface area contributed by atoms with Gasteiger partial charge >= 0.3 is 0 Å². The monoisotopic (exact) mass is 393 g/mol. The average molecular weight is 394 g/mol. The third-order valence-corrected chi connectivity index (χ3v) is 6.04. The van der Waals surface area contributed by atoms with Crippen LogP contribution in [0.1, 0.15) is 105 Å². The van der Waals surface area contributed by atoms with Crippen molar-refractivity contribution in [1.29, 1.82) is 0 Å². The summed E-state index contributed by atoms with van der Waals surface area (Å²) < 4.78 is 0. The number of hydrogen-bond acceptors (Lipinski definition) is 1. The maximum Gasteiger partial charge on any atom is 0.0422 e. The highest BCUT2D eigenvalue weighted by atomic mass is 14.9. The summed E-state index contributed by atoms with van der Waals surface area (Å²) in [6.45, 7) is 20.7. The number of hydrogen-bond donors (Lipinski definition) is 1. The van der Waals surface area contributed by atoms with Crippen LogP contribution in [0.5, 0.6) is 0 Å². The van der Waals surface area contributed by atoms with E-state index in [9.17, 15) is 0 Å². The molecule has 1 heteroatoms. The zero-order chi connectivity index (χ0) is 21.9. The molecule has 2 aromatic carbocycles. The Labute approximate surface area is 180 Å². The molecule has 0 heterocycles. The van der Waals surface area contributed by atoms with E-state index in [2.05, 4.69) is 110 Å². The quantitative estimate of drug-likeness (QED) is 0.463. The summed E-state index contributed by atoms with van der Waals surface area (Å²) in [5.41, 5.74) is 7.03. The second-order valence-electron chi connectivity index (χ2n) is 11.3. The predicted octanol–water partition coefficient (Wildman–Crippen LogP) is 8.88. The Kier molecular flexibility index (Phi) is 7.25. The van der Waals surface area contributed by atoms with Gasteiger partial charge in [-0.05, 0) is 57.6 Å². The van der Waals surface area contributed by atoms with E-state index in [1.165, 1.54) is 48.1 Å². The minimum atomic E-state index is 0.0881. The summed E-state index contributed by atoms with van der Waals surface area (Å²) in [5.74, 6) is 0. The van der Waals surface area contributed by atoms with Gasteiger partial charge in [-0.3, -0.25) is 0 Å². The molecule has 0 unspecified atom stereocenters. The van der Waals surface area contributed by atoms with Crippen molar-refractivity contribution in [2.75, 3.05) is 5.32 Å². The molecule has 0 aliphatic rings. The highest BCUT2D eigenvalue weighted by Gasteiger charge is 2.23. The SMILES string of the molecule is CCCCCC(C)(C)c1ccc(Nc2ccc(C(C)(C)C)cc2C(C)(C)C)cc1. The van der Waals surface area contributed by atoms with E-state index in [-0.39, 0.29) is 16.2 Å². The molecule has 2 rings (SSSR count). The molecule has 2 aromatic rings. The van der Waals surface area contributed by atoms with Gasteiger partial charge in [-0.25, -0.2) is 0 Å². The van der Waals surface area contributed by atoms with Gasteiger partial charge in [0, 0.05) is 11.4 Å². The van der Waals surface area contributed by atoms with Crippen molar-refractivity contribution < 1.29 is 0 Å². The third-order valence-electron chi connectivity index (χ3n) is 6.04. The van der Waals surface area contributed by atoms with Crippen LogP contribution in [0.25, 0.3) is 0 Å². The highest BCUT2D eigenvalue weighted by molar-refractivity contribution is 5.66. The molecule has 0 aromatic heterocycles. The standard InChI is InChI=1S/C28H43N/c1-10-11-12-19-28(8,9)21-13-16-23(17-14-21)29-25-18-15-22(26(2,3)4)20-24(25)27(5,6)7/h13-18,20,29H,10-12,19H2,1-9H3. The number of nitrogens with one attached hydrogen (secondary N) is 1. The Morgan fingerprint density at radius 2 is 1.28 bits per heavy atom. The van der Waals surface area contributed by atoms with E-state index in [1.807, 2.05) is 0 Å². The summed E-state index contributed by atoms with van der Waals surface area (Å²) in [4.78, 5) is 0. The molecule has 0 aliphatic heterocycles. The van der Waals surface area contributed by atoms with E-state index in [1.54, 1.807) is 0 Å². The molecule has 160 valence electrons. The number of rotatable bonds is 7. The van der Waals surface area contributed by atoms with Crippen LogP contribution in [0.4, 0.5) is 11.4 Å². The number of benzene rings is 2. The fourth-order valence-corrected chi connectivity index (χ4v) is 3.86. The summed E-state index contributed by atoms with van der Waals surface area (Å²) >= 11 is 0. The van der Waals surface area contributed by atoms with Gasteiger partial charge < -0.3 is 5.32 Å². The molecule has 0 bridgehead atoms. The molecule has 1 nitrogen and oxygen atoms in total. The van der Waals surface area contributed by atoms with E-state index in [0.717, 1.165) is 5.69 Å². The lowest BCUT2D eigenvalue weighted by atomic mass is 9.79. The lowest BCUT2D eigenvalue weighted by molar-refractivity contribution is 0.450. The Morgan fingerprint density at radius 3 is 1.79 bits per heavy atom. The van der Waals surface area contributed by atoms with Crippen molar-refractivity contribution in [3.05, 3.63) is 59.2 Å². The zero-order valence-electron chi connectivity index (χ0n) is 20.4. The van der Waals surface area contributed by atoms with Gasteiger partial charge in [0.05, 0.1) is 0 Å². The van der Waals surface area contributed by atoms with Crippen LogP contribution < -0.4 is 5.32 Å². The number of unbranched alkanes of at least 4 members (excludes halogenated alkanes) is 2. The fourth-order valence-electron chi connectivity index (χ4n) is 3.86. The molecular formula is C28H43N. The Hall–Kier alpha value is -1.76. The maximum atomic E-state index is 3.69. The second-order valence-corrected chi connectivity index (χ2v) is 11.3. The molecular weight excluding hydrogens is 350 g/mol. The van der Waals surface area contributed by atoms with Crippen LogP contribution in [0.2, 0.25) is 0 Å². The van der Waals surface area contributed by atoms with Crippen molar-refractivity contribution in [2.24, 2.45) is 0 Å². The van der Waals surface area contributed by atoms with E-state index >= 15 is 0 Å². The van der Waals surface area contributed by atoms with E-state index < -0.39 is 0 Å². The molecule has 1 N–H and O–H groups in total. The van der Waals surface area contributed by atoms with Gasteiger partial charge in [-0.2, -0.15) is 0 Å². The number of anilines is 2. The van der Waals surface area contributed by atoms with Crippen molar-refractivity contribution in [3.63, 3.8) is 0 Å². The van der Waals surface area contributed by atoms with Crippen LogP contribution in [-0.2, 0) is 16.2 Å². The van der Waals surface area contributed by atoms with Gasteiger partial charge in [0.2, 0.25) is 0 Å². The molecule has 0 radical (unpaired) electrons. The first-order valence-corrected chi connectivity index (χ1v) is 11.4. The van der Waals surface area contributed by atoms with E-state index in [0.29, 0.717) is 0 Å². The van der Waals surface area contributed by atoms with Gasteiger partial charge in [0.1, 0.15) is 0 Å². The summed E-state index contributed by atoms with van der Waals surface area (Å²) in [6, 6.07) is 16.0. The predicted molar refractivity (Wildman–Crippen MR) is 131 cm³/mol. The fraction of sp³-hybridized carbons (Fsp3) is 0.571. The van der Waals surface area contributed by atoms with Crippen molar-refractivity contribution in [3.8, 4) is 0 Å². The van der Waals surface area contributed by atoms with Crippen molar-refractivity contribution >= 4 is 11.4 Å². The molecule has 0 fully saturated rings. The third kappa shape index (κ3) is 6.36. The first kappa shape index (κ1) is 23.5. The van der Waals surface area contributed by atoms with Crippen molar-refractivity contribution in [2.45, 2.75) is 104 Å². The summed E-state index contributed by atoms with van der Waals surface area (Å²) in [7, 11) is 0. The normalized spacial score (nSPS) is 12.9. The summed E-state index contributed by atoms with van der Waals surface area (Å²) in [5, 5.41) is 3.69. The topological polar surface area (TPSA) is 12.0 Å². The van der Waals surface area contributed by atoms with Gasteiger partial charge in [0.15, 0.2) is 0 Å². The lowest BCUT2D eigenvalue weighted by Gasteiger charge is -2.28. The largest absolute Gasteiger partial charge is 0.355 e. The first-order chi connectivity index (χ1) is 13.3. The minimum Gasteiger partial charge on any atom is -0.355 e. The van der Waals surface area contributed by atoms with Crippen LogP contribution in [0.3, 0.4) is 0 Å². The Morgan fingerprint density at radius 1 is 0.690 bits per heavy atom. The Balaban J connectivity index is 2.26. The zero-order valence-corrected chi connectivity index (χ0v) is 20.4. The molecule has 0 amide bonds. The minimum absolute atomic E-state index is 0.0881. The highest BCUT2D eigenvalue weighted by Crippen LogP contribution is 2.36. The molecule has 0 saturated carbocycles. The van der Waals surface area contributed by atoms with Crippen molar-refractivity contribution in [1.82, 2.24) is 0 Å². The van der Waals surface area contributed by atoms with E-state index in [4.69, 9.17) is 0 Å². The summed E-state index contributed by atoms with van der Waals surface area (Å²) in [6.07, 6.45) is 5.15. The first-order valence-electron chi connectivity index (χ1n) is 11.4. The molecule has 29 heavy (non-hydrogen) atoms. The average Bonchev–Trinajstić information content (AvgIpc) is 2.61. The molecule has 0 spiro atoms. The van der Waals surface area contributed by atoms with Crippen LogP contribution in [0.15, 0.2) is 42.5 Å². The maximum absolute atomic E-state index is 3.69. The van der Waals surface area contributed by atoms with Crippen LogP contribution in [-0.4, -0.2) is 0 Å². The van der Waals surface area contributed by atoms with Gasteiger partial charge in [-0.1, -0.05) is 106 Å². The van der Waals surface area contributed by atoms with Gasteiger partial charge in [0.25, 0.3) is 0 Å². The van der Waals surface area contributed by atoms with Gasteiger partial charge in [-0.15, -0.1) is 0 Å². The molecule has 0 saturated heterocycles. The van der Waals surface area contributed by atoms with Crippen LogP contribution in [0, 0.1) is 0 Å². The van der Waals surface area contributed by atoms with Crippen LogP contribution >= 0.6 is 0 Å². The molecule has 0 aliphatic carbocycles. The Bertz CT molecular complexity index is 783. The second kappa shape index (κ2) is 8.94. The molecule has 0 atom stereocenters. The smallest absolute Gasteiger partial charge is 0.0422 e.